The molecule has 0 aliphatic rings. The molecule has 7 nitrogen and oxygen atoms in total. The third kappa shape index (κ3) is 4.59. The maximum atomic E-state index is 12.2. The Kier molecular flexibility index (Phi) is 5.81. The van der Waals surface area contributed by atoms with Crippen LogP contribution >= 0.6 is 0 Å². The van der Waals surface area contributed by atoms with Crippen LogP contribution in [-0.2, 0) is 0 Å². The molecule has 2 aromatic rings. The van der Waals surface area contributed by atoms with Crippen molar-refractivity contribution < 1.29 is 9.90 Å². The maximum Gasteiger partial charge on any atom is 0.252 e. The lowest BCUT2D eigenvalue weighted by atomic mass is 9.92. The number of nitrogens with zero attached hydrogens (tertiary/aromatic N) is 4. The van der Waals surface area contributed by atoms with E-state index in [4.69, 9.17) is 0 Å². The number of carbonyl (C=O) groups is 1. The molecule has 2 heterocycles. The third-order valence-electron chi connectivity index (χ3n) is 3.67. The van der Waals surface area contributed by atoms with Crippen LogP contribution in [-0.4, -0.2) is 42.9 Å². The Morgan fingerprint density at radius 1 is 1.30 bits per heavy atom. The van der Waals surface area contributed by atoms with E-state index >= 15 is 0 Å². The molecular formula is C16H23N5O2. The number of carbonyl (C=O) groups excluding carboxylic acids is 1. The van der Waals surface area contributed by atoms with Crippen LogP contribution in [0.4, 0.5) is 0 Å². The number of hydrogen-bond acceptors (Lipinski definition) is 5. The number of pyridine rings is 1. The molecule has 2 N–H and O–H groups in total. The van der Waals surface area contributed by atoms with Crippen LogP contribution in [0.15, 0.2) is 31.0 Å². The number of amides is 1. The Labute approximate surface area is 135 Å². The van der Waals surface area contributed by atoms with Crippen molar-refractivity contribution in [2.45, 2.75) is 45.1 Å². The summed E-state index contributed by atoms with van der Waals surface area (Å²) in [6.45, 7) is 4.29. The zero-order chi connectivity index (χ0) is 16.7. The summed E-state index contributed by atoms with van der Waals surface area (Å²) in [5, 5.41) is 17.3. The zero-order valence-corrected chi connectivity index (χ0v) is 13.6. The first-order valence-electron chi connectivity index (χ1n) is 7.89. The standard InChI is InChI=1S/C16H23N5O2/c1-3-7-16(23,8-4-2)10-19-15(22)13-5-6-14(18-9-13)21-12-17-11-20-21/h5-6,9,11-12,23H,3-4,7-8,10H2,1-2H3,(H,19,22). The zero-order valence-electron chi connectivity index (χ0n) is 13.6. The van der Waals surface area contributed by atoms with Crippen LogP contribution in [0.3, 0.4) is 0 Å². The van der Waals surface area contributed by atoms with Crippen molar-refractivity contribution in [3.63, 3.8) is 0 Å². The lowest BCUT2D eigenvalue weighted by Crippen LogP contribution is -2.42. The van der Waals surface area contributed by atoms with Gasteiger partial charge < -0.3 is 10.4 Å². The van der Waals surface area contributed by atoms with Gasteiger partial charge in [-0.1, -0.05) is 26.7 Å². The molecule has 0 aliphatic carbocycles. The van der Waals surface area contributed by atoms with Gasteiger partial charge in [-0.05, 0) is 25.0 Å². The molecule has 0 radical (unpaired) electrons. The predicted molar refractivity (Wildman–Crippen MR) is 86.3 cm³/mol. The fourth-order valence-corrected chi connectivity index (χ4v) is 2.56. The summed E-state index contributed by atoms with van der Waals surface area (Å²) in [6.07, 6.45) is 7.55. The minimum atomic E-state index is -0.840. The molecule has 0 spiro atoms. The van der Waals surface area contributed by atoms with E-state index in [-0.39, 0.29) is 12.5 Å². The van der Waals surface area contributed by atoms with Crippen LogP contribution in [0, 0.1) is 0 Å². The highest BCUT2D eigenvalue weighted by Crippen LogP contribution is 2.18. The smallest absolute Gasteiger partial charge is 0.252 e. The molecule has 1 amide bonds. The predicted octanol–water partition coefficient (Wildman–Crippen LogP) is 1.72. The Bertz CT molecular complexity index is 604. The third-order valence-corrected chi connectivity index (χ3v) is 3.67. The van der Waals surface area contributed by atoms with Gasteiger partial charge in [-0.25, -0.2) is 14.6 Å². The molecule has 0 atom stereocenters. The van der Waals surface area contributed by atoms with Crippen LogP contribution in [0.2, 0.25) is 0 Å². The highest BCUT2D eigenvalue weighted by Gasteiger charge is 2.25. The van der Waals surface area contributed by atoms with E-state index in [1.807, 2.05) is 13.8 Å². The van der Waals surface area contributed by atoms with Gasteiger partial charge in [-0.2, -0.15) is 5.10 Å². The van der Waals surface area contributed by atoms with Gasteiger partial charge in [0.05, 0.1) is 11.2 Å². The highest BCUT2D eigenvalue weighted by molar-refractivity contribution is 5.93. The lowest BCUT2D eigenvalue weighted by molar-refractivity contribution is 0.0213. The van der Waals surface area contributed by atoms with Gasteiger partial charge in [0, 0.05) is 12.7 Å². The van der Waals surface area contributed by atoms with Crippen molar-refractivity contribution in [3.8, 4) is 5.82 Å². The first kappa shape index (κ1) is 17.1. The fourth-order valence-electron chi connectivity index (χ4n) is 2.56. The Hall–Kier alpha value is -2.28. The Balaban J connectivity index is 1.97. The summed E-state index contributed by atoms with van der Waals surface area (Å²) in [5.41, 5.74) is -0.392. The van der Waals surface area contributed by atoms with Crippen molar-refractivity contribution >= 4 is 5.91 Å². The maximum absolute atomic E-state index is 12.2. The van der Waals surface area contributed by atoms with E-state index in [1.54, 1.807) is 12.1 Å². The van der Waals surface area contributed by atoms with Gasteiger partial charge in [0.2, 0.25) is 0 Å². The summed E-state index contributed by atoms with van der Waals surface area (Å²) < 4.78 is 1.52. The molecule has 0 aromatic carbocycles. The van der Waals surface area contributed by atoms with Gasteiger partial charge in [-0.15, -0.1) is 0 Å². The minimum absolute atomic E-state index is 0.242. The summed E-state index contributed by atoms with van der Waals surface area (Å²) in [5.74, 6) is 0.348. The molecule has 0 aliphatic heterocycles. The molecule has 2 rings (SSSR count). The highest BCUT2D eigenvalue weighted by atomic mass is 16.3. The first-order valence-corrected chi connectivity index (χ1v) is 7.89. The molecule has 124 valence electrons. The van der Waals surface area contributed by atoms with Gasteiger partial charge in [-0.3, -0.25) is 4.79 Å². The van der Waals surface area contributed by atoms with Crippen molar-refractivity contribution in [3.05, 3.63) is 36.5 Å². The number of rotatable bonds is 8. The summed E-state index contributed by atoms with van der Waals surface area (Å²) in [7, 11) is 0. The fraction of sp³-hybridized carbons (Fsp3) is 0.500. The molecule has 0 saturated heterocycles. The first-order chi connectivity index (χ1) is 11.1. The van der Waals surface area contributed by atoms with Crippen molar-refractivity contribution in [1.29, 1.82) is 0 Å². The van der Waals surface area contributed by atoms with Crippen molar-refractivity contribution in [1.82, 2.24) is 25.1 Å². The number of hydrogen-bond donors (Lipinski definition) is 2. The molecular weight excluding hydrogens is 294 g/mol. The summed E-state index contributed by atoms with van der Waals surface area (Å²) in [6, 6.07) is 3.38. The van der Waals surface area contributed by atoms with E-state index in [2.05, 4.69) is 20.4 Å². The Morgan fingerprint density at radius 2 is 2.04 bits per heavy atom. The average Bonchev–Trinajstić information content (AvgIpc) is 3.08. The van der Waals surface area contributed by atoms with Gasteiger partial charge in [0.25, 0.3) is 5.91 Å². The summed E-state index contributed by atoms with van der Waals surface area (Å²) in [4.78, 5) is 20.2. The molecule has 0 fully saturated rings. The van der Waals surface area contributed by atoms with E-state index in [0.717, 1.165) is 12.8 Å². The Morgan fingerprint density at radius 3 is 2.57 bits per heavy atom. The quantitative estimate of drug-likeness (QED) is 0.773. The van der Waals surface area contributed by atoms with Crippen LogP contribution in [0.5, 0.6) is 0 Å². The molecule has 23 heavy (non-hydrogen) atoms. The topological polar surface area (TPSA) is 92.9 Å². The second kappa shape index (κ2) is 7.82. The SMILES string of the molecule is CCCC(O)(CCC)CNC(=O)c1ccc(-n2cncn2)nc1. The van der Waals surface area contributed by atoms with E-state index in [9.17, 15) is 9.90 Å². The molecule has 0 bridgehead atoms. The molecule has 0 saturated carbocycles. The van der Waals surface area contributed by atoms with E-state index in [0.29, 0.717) is 24.2 Å². The average molecular weight is 317 g/mol. The largest absolute Gasteiger partial charge is 0.388 e. The number of aliphatic hydroxyl groups is 1. The van der Waals surface area contributed by atoms with Gasteiger partial charge in [0.15, 0.2) is 5.82 Å². The molecule has 0 unspecified atom stereocenters. The normalized spacial score (nSPS) is 11.4. The van der Waals surface area contributed by atoms with Crippen LogP contribution < -0.4 is 5.32 Å². The summed E-state index contributed by atoms with van der Waals surface area (Å²) >= 11 is 0. The number of aromatic nitrogens is 4. The van der Waals surface area contributed by atoms with Gasteiger partial charge >= 0.3 is 0 Å². The monoisotopic (exact) mass is 317 g/mol. The van der Waals surface area contributed by atoms with Crippen molar-refractivity contribution in [2.24, 2.45) is 0 Å². The second-order valence-corrected chi connectivity index (χ2v) is 5.65. The van der Waals surface area contributed by atoms with Crippen molar-refractivity contribution in [2.75, 3.05) is 6.54 Å². The second-order valence-electron chi connectivity index (χ2n) is 5.65. The molecule has 7 heteroatoms. The van der Waals surface area contributed by atoms with Gasteiger partial charge in [0.1, 0.15) is 12.7 Å². The van der Waals surface area contributed by atoms with E-state index < -0.39 is 5.60 Å². The van der Waals surface area contributed by atoms with E-state index in [1.165, 1.54) is 23.5 Å². The van der Waals surface area contributed by atoms with Crippen LogP contribution in [0.25, 0.3) is 5.82 Å². The number of nitrogens with one attached hydrogen (secondary N) is 1. The minimum Gasteiger partial charge on any atom is -0.388 e. The lowest BCUT2D eigenvalue weighted by Gasteiger charge is -2.27. The molecule has 2 aromatic heterocycles. The van der Waals surface area contributed by atoms with Crippen LogP contribution in [0.1, 0.15) is 49.9 Å².